The lowest BCUT2D eigenvalue weighted by Gasteiger charge is -2.51. The number of rotatable bonds is 8. The standard InChI is InChI=1S/C16H32N4O4/c1-15(2)8-12(9-16(3,4)20(15)24)18-13(21)10-19(7-5-6-17)11-14(22)23/h12,24H,5-11,17H2,1-4H3,(H,18,21)(H,22,23). The zero-order valence-corrected chi connectivity index (χ0v) is 15.2. The smallest absolute Gasteiger partial charge is 0.317 e. The van der Waals surface area contributed by atoms with Crippen LogP contribution in [-0.2, 0) is 9.59 Å². The third-order valence-electron chi connectivity index (χ3n) is 4.41. The molecule has 0 aliphatic carbocycles. The number of nitrogens with two attached hydrogens (primary N) is 1. The Hall–Kier alpha value is -1.22. The minimum absolute atomic E-state index is 0.0342. The molecule has 0 atom stereocenters. The van der Waals surface area contributed by atoms with Gasteiger partial charge in [0.15, 0.2) is 0 Å². The second-order valence-electron chi connectivity index (χ2n) is 7.86. The molecular formula is C16H32N4O4. The Morgan fingerprint density at radius 3 is 2.21 bits per heavy atom. The van der Waals surface area contributed by atoms with Gasteiger partial charge in [0.2, 0.25) is 5.91 Å². The number of hydroxylamine groups is 2. The van der Waals surface area contributed by atoms with Gasteiger partial charge in [-0.2, -0.15) is 5.06 Å². The Labute approximate surface area is 143 Å². The summed E-state index contributed by atoms with van der Waals surface area (Å²) in [4.78, 5) is 24.8. The topological polar surface area (TPSA) is 119 Å². The van der Waals surface area contributed by atoms with Gasteiger partial charge in [-0.25, -0.2) is 0 Å². The van der Waals surface area contributed by atoms with Crippen molar-refractivity contribution in [1.82, 2.24) is 15.3 Å². The number of carboxylic acid groups (broad SMARTS) is 1. The van der Waals surface area contributed by atoms with Gasteiger partial charge in [-0.15, -0.1) is 0 Å². The van der Waals surface area contributed by atoms with Crippen molar-refractivity contribution in [1.29, 1.82) is 0 Å². The van der Waals surface area contributed by atoms with Gasteiger partial charge in [0, 0.05) is 23.7 Å². The Kier molecular flexibility index (Phi) is 7.15. The van der Waals surface area contributed by atoms with Crippen LogP contribution in [0.2, 0.25) is 0 Å². The molecule has 5 N–H and O–H groups in total. The number of hydrogen-bond donors (Lipinski definition) is 4. The first-order valence-corrected chi connectivity index (χ1v) is 8.41. The van der Waals surface area contributed by atoms with Crippen LogP contribution in [-0.4, -0.2) is 75.5 Å². The monoisotopic (exact) mass is 344 g/mol. The highest BCUT2D eigenvalue weighted by Gasteiger charge is 2.45. The molecule has 0 spiro atoms. The molecule has 1 saturated heterocycles. The van der Waals surface area contributed by atoms with Gasteiger partial charge in [0.05, 0.1) is 13.1 Å². The summed E-state index contributed by atoms with van der Waals surface area (Å²) in [6.07, 6.45) is 1.89. The lowest BCUT2D eigenvalue weighted by Crippen LogP contribution is -2.63. The van der Waals surface area contributed by atoms with Crippen LogP contribution in [0.25, 0.3) is 0 Å². The molecule has 0 saturated carbocycles. The molecule has 0 aromatic rings. The van der Waals surface area contributed by atoms with Gasteiger partial charge >= 0.3 is 5.97 Å². The highest BCUT2D eigenvalue weighted by molar-refractivity contribution is 5.79. The van der Waals surface area contributed by atoms with Crippen LogP contribution in [0.5, 0.6) is 0 Å². The Bertz CT molecular complexity index is 435. The van der Waals surface area contributed by atoms with Crippen LogP contribution in [0, 0.1) is 0 Å². The second-order valence-corrected chi connectivity index (χ2v) is 7.86. The quantitative estimate of drug-likeness (QED) is 0.498. The molecule has 8 nitrogen and oxygen atoms in total. The first-order chi connectivity index (χ1) is 11.0. The van der Waals surface area contributed by atoms with Gasteiger partial charge in [0.25, 0.3) is 0 Å². The molecule has 1 aliphatic heterocycles. The molecule has 1 amide bonds. The molecule has 24 heavy (non-hydrogen) atoms. The van der Waals surface area contributed by atoms with Crippen LogP contribution in [0.3, 0.4) is 0 Å². The van der Waals surface area contributed by atoms with E-state index in [0.717, 1.165) is 0 Å². The van der Waals surface area contributed by atoms with Crippen LogP contribution in [0.15, 0.2) is 0 Å². The first kappa shape index (κ1) is 20.8. The van der Waals surface area contributed by atoms with E-state index < -0.39 is 17.0 Å². The average Bonchev–Trinajstić information content (AvgIpc) is 2.40. The largest absolute Gasteiger partial charge is 0.480 e. The van der Waals surface area contributed by atoms with Gasteiger partial charge in [-0.1, -0.05) is 0 Å². The summed E-state index contributed by atoms with van der Waals surface area (Å²) in [7, 11) is 0. The molecule has 0 unspecified atom stereocenters. The lowest BCUT2D eigenvalue weighted by molar-refractivity contribution is -0.246. The van der Waals surface area contributed by atoms with Crippen LogP contribution >= 0.6 is 0 Å². The summed E-state index contributed by atoms with van der Waals surface area (Å²) < 4.78 is 0. The number of piperidine rings is 1. The van der Waals surface area contributed by atoms with Crippen LogP contribution in [0.1, 0.15) is 47.0 Å². The maximum Gasteiger partial charge on any atom is 0.317 e. The normalized spacial score (nSPS) is 21.0. The number of nitrogens with one attached hydrogen (secondary N) is 1. The maximum atomic E-state index is 12.3. The Morgan fingerprint density at radius 2 is 1.75 bits per heavy atom. The molecule has 8 heteroatoms. The SMILES string of the molecule is CC1(C)CC(NC(=O)CN(CCCN)CC(=O)O)CC(C)(C)N1O. The number of aliphatic carboxylic acids is 1. The molecule has 1 aliphatic rings. The Balaban J connectivity index is 2.63. The molecule has 1 heterocycles. The zero-order chi connectivity index (χ0) is 18.5. The van der Waals surface area contributed by atoms with E-state index in [1.165, 1.54) is 5.06 Å². The highest BCUT2D eigenvalue weighted by atomic mass is 16.5. The number of nitrogens with zero attached hydrogens (tertiary/aromatic N) is 2. The lowest BCUT2D eigenvalue weighted by atomic mass is 9.79. The third kappa shape index (κ3) is 6.01. The maximum absolute atomic E-state index is 12.3. The van der Waals surface area contributed by atoms with Crippen molar-refractivity contribution in [2.24, 2.45) is 5.73 Å². The number of hydrogen-bond acceptors (Lipinski definition) is 6. The van der Waals surface area contributed by atoms with Gasteiger partial charge < -0.3 is 21.4 Å². The minimum atomic E-state index is -0.962. The number of carboxylic acids is 1. The first-order valence-electron chi connectivity index (χ1n) is 8.41. The minimum Gasteiger partial charge on any atom is -0.480 e. The predicted octanol–water partition coefficient (Wildman–Crippen LogP) is 0.249. The van der Waals surface area contributed by atoms with E-state index in [0.29, 0.717) is 32.4 Å². The molecule has 0 bridgehead atoms. The number of carbonyl (C=O) groups excluding carboxylic acids is 1. The Morgan fingerprint density at radius 1 is 1.21 bits per heavy atom. The molecule has 140 valence electrons. The van der Waals surface area contributed by atoms with Crippen molar-refractivity contribution >= 4 is 11.9 Å². The predicted molar refractivity (Wildman–Crippen MR) is 90.7 cm³/mol. The van der Waals surface area contributed by atoms with E-state index in [1.807, 2.05) is 27.7 Å². The summed E-state index contributed by atoms with van der Waals surface area (Å²) in [6, 6.07) is -0.0629. The van der Waals surface area contributed by atoms with Crippen molar-refractivity contribution in [3.05, 3.63) is 0 Å². The molecular weight excluding hydrogens is 312 g/mol. The van der Waals surface area contributed by atoms with E-state index >= 15 is 0 Å². The van der Waals surface area contributed by atoms with E-state index in [2.05, 4.69) is 5.32 Å². The highest BCUT2D eigenvalue weighted by Crippen LogP contribution is 2.36. The number of carbonyl (C=O) groups is 2. The summed E-state index contributed by atoms with van der Waals surface area (Å²) in [6.45, 7) is 8.52. The molecule has 1 fully saturated rings. The van der Waals surface area contributed by atoms with Crippen molar-refractivity contribution in [3.63, 3.8) is 0 Å². The number of amides is 1. The third-order valence-corrected chi connectivity index (χ3v) is 4.41. The van der Waals surface area contributed by atoms with Crippen molar-refractivity contribution in [3.8, 4) is 0 Å². The van der Waals surface area contributed by atoms with Gasteiger partial charge in [-0.05, 0) is 53.5 Å². The molecule has 0 aromatic carbocycles. The fraction of sp³-hybridized carbons (Fsp3) is 0.875. The zero-order valence-electron chi connectivity index (χ0n) is 15.2. The molecule has 1 rings (SSSR count). The van der Waals surface area contributed by atoms with E-state index in [1.54, 1.807) is 4.90 Å². The summed E-state index contributed by atoms with van der Waals surface area (Å²) >= 11 is 0. The summed E-state index contributed by atoms with van der Waals surface area (Å²) in [5.74, 6) is -1.16. The van der Waals surface area contributed by atoms with E-state index in [9.17, 15) is 14.8 Å². The van der Waals surface area contributed by atoms with Crippen molar-refractivity contribution in [2.45, 2.75) is 64.1 Å². The van der Waals surface area contributed by atoms with E-state index in [4.69, 9.17) is 10.8 Å². The molecule has 0 aromatic heterocycles. The summed E-state index contributed by atoms with van der Waals surface area (Å²) in [5, 5.41) is 23.6. The molecule has 0 radical (unpaired) electrons. The fourth-order valence-corrected chi connectivity index (χ4v) is 3.57. The van der Waals surface area contributed by atoms with Crippen molar-refractivity contribution < 1.29 is 19.9 Å². The second kappa shape index (κ2) is 8.24. The fourth-order valence-electron chi connectivity index (χ4n) is 3.57. The van der Waals surface area contributed by atoms with E-state index in [-0.39, 0.29) is 25.0 Å². The summed E-state index contributed by atoms with van der Waals surface area (Å²) in [5.41, 5.74) is 4.57. The van der Waals surface area contributed by atoms with Gasteiger partial charge in [0.1, 0.15) is 0 Å². The van der Waals surface area contributed by atoms with Gasteiger partial charge in [-0.3, -0.25) is 14.5 Å². The van der Waals surface area contributed by atoms with Crippen LogP contribution < -0.4 is 11.1 Å². The van der Waals surface area contributed by atoms with Crippen molar-refractivity contribution in [2.75, 3.05) is 26.2 Å². The van der Waals surface area contributed by atoms with Crippen LogP contribution in [0.4, 0.5) is 0 Å². The average molecular weight is 344 g/mol.